The van der Waals surface area contributed by atoms with Gasteiger partial charge in [0.05, 0.1) is 11.8 Å². The van der Waals surface area contributed by atoms with E-state index in [1.54, 1.807) is 30.1 Å². The van der Waals surface area contributed by atoms with Gasteiger partial charge in [0.2, 0.25) is 0 Å². The summed E-state index contributed by atoms with van der Waals surface area (Å²) in [5, 5.41) is 4.03. The number of sulfonamides is 1. The molecule has 6 nitrogen and oxygen atoms in total. The minimum atomic E-state index is -3.73. The van der Waals surface area contributed by atoms with Crippen LogP contribution in [-0.2, 0) is 23.5 Å². The summed E-state index contributed by atoms with van der Waals surface area (Å²) in [6, 6.07) is 4.84. The fraction of sp³-hybridized carbons (Fsp3) is 0.231. The number of halogens is 1. The first-order chi connectivity index (χ1) is 9.89. The number of rotatable bonds is 3. The average Bonchev–Trinajstić information content (AvgIpc) is 2.90. The number of nitrogens with zero attached hydrogens (tertiary/aromatic N) is 3. The van der Waals surface area contributed by atoms with Crippen LogP contribution in [-0.4, -0.2) is 35.0 Å². The minimum absolute atomic E-state index is 0.102. The molecule has 21 heavy (non-hydrogen) atoms. The van der Waals surface area contributed by atoms with Gasteiger partial charge in [0, 0.05) is 23.4 Å². The molecule has 1 aliphatic rings. The number of hydrogen-bond acceptors (Lipinski definition) is 4. The van der Waals surface area contributed by atoms with Gasteiger partial charge in [0.1, 0.15) is 4.90 Å². The van der Waals surface area contributed by atoms with E-state index >= 15 is 0 Å². The highest BCUT2D eigenvalue weighted by atomic mass is 127. The van der Waals surface area contributed by atoms with Crippen LogP contribution < -0.4 is 0 Å². The normalized spacial score (nSPS) is 16.3. The van der Waals surface area contributed by atoms with E-state index in [0.717, 1.165) is 13.4 Å². The summed E-state index contributed by atoms with van der Waals surface area (Å²) in [6.07, 6.45) is 3.93. The smallest absolute Gasteiger partial charge is 0.269 e. The largest absolute Gasteiger partial charge is 0.276 e. The Bertz CT molecular complexity index is 829. The zero-order valence-corrected chi connectivity index (χ0v) is 14.1. The Morgan fingerprint density at radius 1 is 1.33 bits per heavy atom. The van der Waals surface area contributed by atoms with Gasteiger partial charge >= 0.3 is 0 Å². The molecule has 2 heterocycles. The molecular weight excluding hydrogens is 405 g/mol. The monoisotopic (exact) mass is 417 g/mol. The van der Waals surface area contributed by atoms with Crippen molar-refractivity contribution in [3.8, 4) is 0 Å². The van der Waals surface area contributed by atoms with Crippen LogP contribution in [0.2, 0.25) is 0 Å². The lowest BCUT2D eigenvalue weighted by Crippen LogP contribution is -2.31. The third-order valence-corrected chi connectivity index (χ3v) is 5.82. The highest BCUT2D eigenvalue weighted by Crippen LogP contribution is 2.31. The first kappa shape index (κ1) is 14.5. The highest BCUT2D eigenvalue weighted by Gasteiger charge is 2.40. The van der Waals surface area contributed by atoms with Crippen molar-refractivity contribution in [3.63, 3.8) is 0 Å². The molecule has 0 N–H and O–H groups in total. The summed E-state index contributed by atoms with van der Waals surface area (Å²) in [5.74, 6) is -0.453. The zero-order valence-electron chi connectivity index (χ0n) is 11.2. The average molecular weight is 417 g/mol. The van der Waals surface area contributed by atoms with E-state index in [1.807, 2.05) is 28.8 Å². The number of fused-ring (bicyclic) bond motifs is 1. The molecule has 2 aromatic rings. The second kappa shape index (κ2) is 5.09. The first-order valence-corrected chi connectivity index (χ1v) is 8.75. The lowest BCUT2D eigenvalue weighted by molar-refractivity contribution is 0.0872. The second-order valence-corrected chi connectivity index (χ2v) is 7.87. The molecule has 0 aliphatic carbocycles. The van der Waals surface area contributed by atoms with E-state index in [2.05, 4.69) is 5.10 Å². The predicted molar refractivity (Wildman–Crippen MR) is 84.3 cm³/mol. The molecule has 8 heteroatoms. The lowest BCUT2D eigenvalue weighted by Gasteiger charge is -2.14. The van der Waals surface area contributed by atoms with Crippen molar-refractivity contribution in [2.24, 2.45) is 7.05 Å². The Morgan fingerprint density at radius 2 is 2.10 bits per heavy atom. The molecule has 0 spiro atoms. The summed E-state index contributed by atoms with van der Waals surface area (Å²) in [6.45, 7) is 0.123. The van der Waals surface area contributed by atoms with Gasteiger partial charge < -0.3 is 0 Å². The van der Waals surface area contributed by atoms with E-state index in [9.17, 15) is 13.2 Å². The van der Waals surface area contributed by atoms with Crippen LogP contribution in [0.5, 0.6) is 0 Å². The van der Waals surface area contributed by atoms with Gasteiger partial charge in [0.15, 0.2) is 0 Å². The highest BCUT2D eigenvalue weighted by molar-refractivity contribution is 14.1. The van der Waals surface area contributed by atoms with Crippen molar-refractivity contribution >= 4 is 38.5 Å². The molecule has 1 aromatic heterocycles. The lowest BCUT2D eigenvalue weighted by atomic mass is 10.2. The second-order valence-electron chi connectivity index (χ2n) is 4.80. The van der Waals surface area contributed by atoms with Crippen LogP contribution in [0.4, 0.5) is 0 Å². The van der Waals surface area contributed by atoms with Crippen molar-refractivity contribution in [1.82, 2.24) is 14.1 Å². The summed E-state index contributed by atoms with van der Waals surface area (Å²) in [5.41, 5.74) is 1.15. The molecule has 0 radical (unpaired) electrons. The maximum atomic E-state index is 12.5. The summed E-state index contributed by atoms with van der Waals surface area (Å²) in [7, 11) is -1.94. The fourth-order valence-corrected chi connectivity index (χ4v) is 4.60. The molecule has 3 rings (SSSR count). The maximum absolute atomic E-state index is 12.5. The van der Waals surface area contributed by atoms with Gasteiger partial charge in [-0.05, 0) is 52.8 Å². The summed E-state index contributed by atoms with van der Waals surface area (Å²) >= 11 is 2.03. The van der Waals surface area contributed by atoms with Crippen LogP contribution in [0.25, 0.3) is 0 Å². The number of hydrogen-bond donors (Lipinski definition) is 0. The van der Waals surface area contributed by atoms with Crippen LogP contribution in [0.1, 0.15) is 15.9 Å². The van der Waals surface area contributed by atoms with Crippen molar-refractivity contribution < 1.29 is 13.2 Å². The standard InChI is InChI=1S/C13H12IN3O3S/c1-16-8-9(7-15-16)4-5-17-13(18)11-3-2-10(14)6-12(11)21(17,19)20/h2-3,6-8H,4-5H2,1H3. The molecular formula is C13H12IN3O3S. The van der Waals surface area contributed by atoms with Gasteiger partial charge in [-0.15, -0.1) is 0 Å². The van der Waals surface area contributed by atoms with Gasteiger partial charge in [-0.2, -0.15) is 5.10 Å². The number of aryl methyl sites for hydroxylation is 1. The molecule has 0 fully saturated rings. The predicted octanol–water partition coefficient (Wildman–Crippen LogP) is 1.41. The number of benzene rings is 1. The van der Waals surface area contributed by atoms with Gasteiger partial charge in [-0.25, -0.2) is 12.7 Å². The Morgan fingerprint density at radius 3 is 2.76 bits per heavy atom. The maximum Gasteiger partial charge on any atom is 0.269 e. The van der Waals surface area contributed by atoms with Crippen molar-refractivity contribution in [1.29, 1.82) is 0 Å². The van der Waals surface area contributed by atoms with Crippen LogP contribution >= 0.6 is 22.6 Å². The molecule has 1 aliphatic heterocycles. The number of amides is 1. The summed E-state index contributed by atoms with van der Waals surface area (Å²) in [4.78, 5) is 12.4. The van der Waals surface area contributed by atoms with E-state index in [1.165, 1.54) is 6.07 Å². The number of carbonyl (C=O) groups excluding carboxylic acids is 1. The SMILES string of the molecule is Cn1cc(CCN2C(=O)c3ccc(I)cc3S2(=O)=O)cn1. The molecule has 1 aromatic carbocycles. The van der Waals surface area contributed by atoms with E-state index in [-0.39, 0.29) is 17.0 Å². The van der Waals surface area contributed by atoms with Crippen molar-refractivity contribution in [3.05, 3.63) is 45.3 Å². The quantitative estimate of drug-likeness (QED) is 0.709. The van der Waals surface area contributed by atoms with E-state index in [4.69, 9.17) is 0 Å². The molecule has 0 atom stereocenters. The molecule has 0 saturated heterocycles. The zero-order chi connectivity index (χ0) is 15.2. The Hall–Kier alpha value is -1.42. The first-order valence-electron chi connectivity index (χ1n) is 6.24. The van der Waals surface area contributed by atoms with Gasteiger partial charge in [0.25, 0.3) is 15.9 Å². The van der Waals surface area contributed by atoms with Gasteiger partial charge in [-0.1, -0.05) is 0 Å². The van der Waals surface area contributed by atoms with Crippen LogP contribution in [0, 0.1) is 3.57 Å². The molecule has 0 bridgehead atoms. The Balaban J connectivity index is 1.89. The molecule has 0 saturated carbocycles. The van der Waals surface area contributed by atoms with Crippen molar-refractivity contribution in [2.75, 3.05) is 6.54 Å². The fourth-order valence-electron chi connectivity index (χ4n) is 2.30. The molecule has 0 unspecified atom stereocenters. The van der Waals surface area contributed by atoms with Crippen LogP contribution in [0.15, 0.2) is 35.5 Å². The van der Waals surface area contributed by atoms with Crippen LogP contribution in [0.3, 0.4) is 0 Å². The van der Waals surface area contributed by atoms with Gasteiger partial charge in [-0.3, -0.25) is 9.48 Å². The third-order valence-electron chi connectivity index (χ3n) is 3.33. The minimum Gasteiger partial charge on any atom is -0.276 e. The number of aromatic nitrogens is 2. The summed E-state index contributed by atoms with van der Waals surface area (Å²) < 4.78 is 28.3. The Labute approximate surface area is 135 Å². The number of carbonyl (C=O) groups is 1. The molecule has 110 valence electrons. The van der Waals surface area contributed by atoms with Crippen molar-refractivity contribution in [2.45, 2.75) is 11.3 Å². The topological polar surface area (TPSA) is 72.3 Å². The molecule has 1 amide bonds. The Kier molecular flexibility index (Phi) is 3.52. The van der Waals surface area contributed by atoms with E-state index < -0.39 is 15.9 Å². The van der Waals surface area contributed by atoms with E-state index in [0.29, 0.717) is 6.42 Å². The third kappa shape index (κ3) is 2.46.